The van der Waals surface area contributed by atoms with E-state index in [9.17, 15) is 9.59 Å². The van der Waals surface area contributed by atoms with E-state index in [0.717, 1.165) is 37.9 Å². The lowest BCUT2D eigenvalue weighted by Gasteiger charge is -2.08. The highest BCUT2D eigenvalue weighted by atomic mass is 16.2. The highest BCUT2D eigenvalue weighted by molar-refractivity contribution is 5.95. The normalized spacial score (nSPS) is 10.9. The molecule has 0 heterocycles. The molecule has 1 aromatic carbocycles. The van der Waals surface area contributed by atoms with Gasteiger partial charge in [0.05, 0.1) is 0 Å². The Bertz CT molecular complexity index is 642. The van der Waals surface area contributed by atoms with Crippen LogP contribution in [0.15, 0.2) is 24.3 Å². The van der Waals surface area contributed by atoms with Crippen molar-refractivity contribution in [1.29, 1.82) is 0 Å². The van der Waals surface area contributed by atoms with Gasteiger partial charge in [-0.15, -0.1) is 0 Å². The molecule has 4 heteroatoms. The molecule has 0 unspecified atom stereocenters. The largest absolute Gasteiger partial charge is 0.352 e. The molecule has 0 saturated carbocycles. The molecule has 0 aliphatic carbocycles. The van der Waals surface area contributed by atoms with Crippen LogP contribution in [0.4, 0.5) is 5.69 Å². The number of nitrogens with one attached hydrogen (secondary N) is 2. The predicted octanol–water partition coefficient (Wildman–Crippen LogP) is 9.20. The minimum absolute atomic E-state index is 0.0354. The van der Waals surface area contributed by atoms with E-state index in [-0.39, 0.29) is 11.8 Å². The molecule has 1 rings (SSSR count). The van der Waals surface area contributed by atoms with Gasteiger partial charge in [0.15, 0.2) is 0 Å². The molecular weight excluding hydrogens is 432 g/mol. The van der Waals surface area contributed by atoms with Crippen molar-refractivity contribution in [3.8, 4) is 0 Å². The molecule has 35 heavy (non-hydrogen) atoms. The Morgan fingerprint density at radius 1 is 0.571 bits per heavy atom. The number of carbonyl (C=O) groups is 2. The van der Waals surface area contributed by atoms with Gasteiger partial charge in [-0.1, -0.05) is 123 Å². The highest BCUT2D eigenvalue weighted by Crippen LogP contribution is 2.14. The second kappa shape index (κ2) is 22.6. The topological polar surface area (TPSA) is 58.2 Å². The van der Waals surface area contributed by atoms with Crippen molar-refractivity contribution >= 4 is 17.5 Å². The zero-order valence-corrected chi connectivity index (χ0v) is 23.0. The lowest BCUT2D eigenvalue weighted by Crippen LogP contribution is -2.24. The minimum atomic E-state index is -0.0354. The van der Waals surface area contributed by atoms with Crippen LogP contribution in [-0.4, -0.2) is 18.4 Å². The van der Waals surface area contributed by atoms with Gasteiger partial charge in [0.1, 0.15) is 0 Å². The summed E-state index contributed by atoms with van der Waals surface area (Å²) >= 11 is 0. The van der Waals surface area contributed by atoms with Crippen molar-refractivity contribution in [2.24, 2.45) is 0 Å². The quantitative estimate of drug-likeness (QED) is 0.151. The Balaban J connectivity index is 1.94. The summed E-state index contributed by atoms with van der Waals surface area (Å²) in [5.41, 5.74) is 1.39. The highest BCUT2D eigenvalue weighted by Gasteiger charge is 2.06. The molecule has 0 fully saturated rings. The molecule has 0 aliphatic rings. The lowest BCUT2D eigenvalue weighted by atomic mass is 10.0. The van der Waals surface area contributed by atoms with Crippen molar-refractivity contribution in [2.75, 3.05) is 11.9 Å². The fraction of sp³-hybridized carbons (Fsp3) is 0.742. The second-order valence-electron chi connectivity index (χ2n) is 10.1. The number of rotatable bonds is 23. The first kappa shape index (κ1) is 31.2. The van der Waals surface area contributed by atoms with E-state index in [4.69, 9.17) is 0 Å². The summed E-state index contributed by atoms with van der Waals surface area (Å²) in [6.07, 6.45) is 25.3. The molecule has 2 N–H and O–H groups in total. The van der Waals surface area contributed by atoms with E-state index >= 15 is 0 Å². The lowest BCUT2D eigenvalue weighted by molar-refractivity contribution is -0.116. The maximum absolute atomic E-state index is 12.3. The smallest absolute Gasteiger partial charge is 0.251 e. The van der Waals surface area contributed by atoms with Gasteiger partial charge in [-0.05, 0) is 37.1 Å². The summed E-state index contributed by atoms with van der Waals surface area (Å²) in [4.78, 5) is 24.2. The molecule has 200 valence electrons. The molecule has 0 saturated heterocycles. The fourth-order valence-corrected chi connectivity index (χ4v) is 4.44. The van der Waals surface area contributed by atoms with E-state index in [1.807, 2.05) is 0 Å². The molecule has 0 radical (unpaired) electrons. The zero-order valence-electron chi connectivity index (χ0n) is 23.0. The standard InChI is InChI=1S/C31H54N2O2/c1-3-5-7-8-9-10-11-12-13-14-15-16-17-18-19-21-27-32-31(35)28-23-25-29(26-24-28)33-30(34)22-20-6-4-2/h23-26H,3-22,27H2,1-2H3,(H,32,35)(H,33,34). The molecule has 0 aliphatic heterocycles. The first-order valence-corrected chi connectivity index (χ1v) is 14.9. The zero-order chi connectivity index (χ0) is 25.4. The molecule has 0 spiro atoms. The van der Waals surface area contributed by atoms with Crippen LogP contribution in [0.25, 0.3) is 0 Å². The molecule has 2 amide bonds. The first-order valence-electron chi connectivity index (χ1n) is 14.9. The molecule has 0 aromatic heterocycles. The Morgan fingerprint density at radius 3 is 1.49 bits per heavy atom. The third-order valence-electron chi connectivity index (χ3n) is 6.75. The summed E-state index contributed by atoms with van der Waals surface area (Å²) in [6.45, 7) is 5.14. The second-order valence-corrected chi connectivity index (χ2v) is 10.1. The van der Waals surface area contributed by atoms with Crippen LogP contribution >= 0.6 is 0 Å². The predicted molar refractivity (Wildman–Crippen MR) is 151 cm³/mol. The third-order valence-corrected chi connectivity index (χ3v) is 6.75. The Morgan fingerprint density at radius 2 is 1.00 bits per heavy atom. The molecule has 0 bridgehead atoms. The van der Waals surface area contributed by atoms with E-state index in [1.54, 1.807) is 24.3 Å². The number of unbranched alkanes of at least 4 members (excludes halogenated alkanes) is 17. The van der Waals surface area contributed by atoms with E-state index < -0.39 is 0 Å². The number of hydrogen-bond acceptors (Lipinski definition) is 2. The SMILES string of the molecule is CCCCCCCCCCCCCCCCCCNC(=O)c1ccc(NC(=O)CCCCC)cc1. The van der Waals surface area contributed by atoms with Gasteiger partial charge in [0.2, 0.25) is 5.91 Å². The van der Waals surface area contributed by atoms with E-state index in [1.165, 1.54) is 96.3 Å². The van der Waals surface area contributed by atoms with Gasteiger partial charge >= 0.3 is 0 Å². The van der Waals surface area contributed by atoms with Crippen molar-refractivity contribution in [3.05, 3.63) is 29.8 Å². The maximum atomic E-state index is 12.3. The Hall–Kier alpha value is -1.84. The average molecular weight is 487 g/mol. The van der Waals surface area contributed by atoms with Crippen LogP contribution in [0, 0.1) is 0 Å². The van der Waals surface area contributed by atoms with Gasteiger partial charge in [0.25, 0.3) is 5.91 Å². The van der Waals surface area contributed by atoms with Gasteiger partial charge in [-0.3, -0.25) is 9.59 Å². The average Bonchev–Trinajstić information content (AvgIpc) is 2.86. The van der Waals surface area contributed by atoms with Crippen LogP contribution < -0.4 is 10.6 Å². The monoisotopic (exact) mass is 486 g/mol. The number of hydrogen-bond donors (Lipinski definition) is 2. The van der Waals surface area contributed by atoms with Gasteiger partial charge < -0.3 is 10.6 Å². The van der Waals surface area contributed by atoms with E-state index in [2.05, 4.69) is 24.5 Å². The fourth-order valence-electron chi connectivity index (χ4n) is 4.44. The van der Waals surface area contributed by atoms with Crippen molar-refractivity contribution < 1.29 is 9.59 Å². The summed E-state index contributed by atoms with van der Waals surface area (Å²) in [5, 5.41) is 5.92. The molecular formula is C31H54N2O2. The summed E-state index contributed by atoms with van der Waals surface area (Å²) in [6, 6.07) is 7.18. The minimum Gasteiger partial charge on any atom is -0.352 e. The van der Waals surface area contributed by atoms with E-state index in [0.29, 0.717) is 12.0 Å². The Labute approximate surface area is 216 Å². The van der Waals surface area contributed by atoms with Crippen molar-refractivity contribution in [3.63, 3.8) is 0 Å². The number of amides is 2. The van der Waals surface area contributed by atoms with Crippen LogP contribution in [0.5, 0.6) is 0 Å². The van der Waals surface area contributed by atoms with Crippen LogP contribution in [0.3, 0.4) is 0 Å². The van der Waals surface area contributed by atoms with Crippen LogP contribution in [0.1, 0.15) is 153 Å². The maximum Gasteiger partial charge on any atom is 0.251 e. The Kier molecular flexibility index (Phi) is 20.2. The van der Waals surface area contributed by atoms with Crippen molar-refractivity contribution in [2.45, 2.75) is 142 Å². The first-order chi connectivity index (χ1) is 17.2. The summed E-state index contributed by atoms with van der Waals surface area (Å²) < 4.78 is 0. The molecule has 4 nitrogen and oxygen atoms in total. The van der Waals surface area contributed by atoms with Gasteiger partial charge in [0, 0.05) is 24.2 Å². The summed E-state index contributed by atoms with van der Waals surface area (Å²) in [7, 11) is 0. The summed E-state index contributed by atoms with van der Waals surface area (Å²) in [5.74, 6) is 0.00549. The number of anilines is 1. The van der Waals surface area contributed by atoms with Crippen LogP contribution in [0.2, 0.25) is 0 Å². The van der Waals surface area contributed by atoms with Gasteiger partial charge in [-0.2, -0.15) is 0 Å². The van der Waals surface area contributed by atoms with Crippen molar-refractivity contribution in [1.82, 2.24) is 5.32 Å². The number of benzene rings is 1. The number of carbonyl (C=O) groups excluding carboxylic acids is 2. The molecule has 0 atom stereocenters. The third kappa shape index (κ3) is 18.1. The van der Waals surface area contributed by atoms with Gasteiger partial charge in [-0.25, -0.2) is 0 Å². The molecule has 1 aromatic rings. The van der Waals surface area contributed by atoms with Crippen LogP contribution in [-0.2, 0) is 4.79 Å².